The third-order valence-electron chi connectivity index (χ3n) is 4.54. The van der Waals surface area contributed by atoms with E-state index in [9.17, 15) is 24.8 Å². The van der Waals surface area contributed by atoms with Crippen molar-refractivity contribution in [1.29, 1.82) is 5.26 Å². The van der Waals surface area contributed by atoms with E-state index in [0.29, 0.717) is 23.6 Å². The summed E-state index contributed by atoms with van der Waals surface area (Å²) in [5.41, 5.74) is -1.15. The summed E-state index contributed by atoms with van der Waals surface area (Å²) in [5, 5.41) is 20.3. The number of aromatic amines is 1. The lowest BCUT2D eigenvalue weighted by molar-refractivity contribution is 0.0531. The van der Waals surface area contributed by atoms with E-state index >= 15 is 0 Å². The number of hydrogen-bond acceptors (Lipinski definition) is 9. The lowest BCUT2D eigenvalue weighted by Crippen LogP contribution is -2.31. The molecule has 170 valence electrons. The smallest absolute Gasteiger partial charge is 0.348 e. The minimum atomic E-state index is -0.860. The number of nitrogens with zero attached hydrogens (tertiary/aromatic N) is 3. The van der Waals surface area contributed by atoms with Crippen LogP contribution in [0.2, 0.25) is 0 Å². The molecule has 0 atom stereocenters. The Balaban J connectivity index is 2.07. The molecule has 0 unspecified atom stereocenters. The average molecular weight is 468 g/mol. The number of esters is 1. The molecular formula is C22H20N4O6S. The third kappa shape index (κ3) is 4.70. The quantitative estimate of drug-likeness (QED) is 0.400. The van der Waals surface area contributed by atoms with Crippen LogP contribution in [0.3, 0.4) is 0 Å². The first kappa shape index (κ1) is 23.5. The van der Waals surface area contributed by atoms with Crippen LogP contribution in [-0.4, -0.2) is 40.1 Å². The number of carbonyl (C=O) groups is 1. The maximum atomic E-state index is 12.4. The van der Waals surface area contributed by atoms with Crippen LogP contribution in [0.4, 0.5) is 5.00 Å². The SMILES string of the molecule is CCOC(=O)c1sc(N=Cc2c(O)n(-c3ccc(OCC)cc3)c(=O)[nH]c2=O)c(C#N)c1C. The molecule has 3 rings (SSSR count). The predicted molar refractivity (Wildman–Crippen MR) is 122 cm³/mol. The summed E-state index contributed by atoms with van der Waals surface area (Å²) in [6.45, 7) is 5.73. The highest BCUT2D eigenvalue weighted by atomic mass is 32.1. The maximum absolute atomic E-state index is 12.4. The van der Waals surface area contributed by atoms with Gasteiger partial charge < -0.3 is 14.6 Å². The normalized spacial score (nSPS) is 10.8. The van der Waals surface area contributed by atoms with Crippen LogP contribution in [-0.2, 0) is 4.74 Å². The van der Waals surface area contributed by atoms with Crippen molar-refractivity contribution in [2.24, 2.45) is 4.99 Å². The Morgan fingerprint density at radius 1 is 1.27 bits per heavy atom. The summed E-state index contributed by atoms with van der Waals surface area (Å²) >= 11 is 0.928. The summed E-state index contributed by atoms with van der Waals surface area (Å²) in [7, 11) is 0. The molecule has 1 aromatic carbocycles. The van der Waals surface area contributed by atoms with Crippen LogP contribution in [0, 0.1) is 18.3 Å². The molecule has 0 spiro atoms. The van der Waals surface area contributed by atoms with Crippen LogP contribution in [0.25, 0.3) is 5.69 Å². The first-order valence-corrected chi connectivity index (χ1v) is 10.7. The molecule has 0 aliphatic rings. The van der Waals surface area contributed by atoms with E-state index in [1.807, 2.05) is 13.0 Å². The zero-order chi connectivity index (χ0) is 24.1. The Labute approximate surface area is 192 Å². The molecule has 10 nitrogen and oxygen atoms in total. The number of benzene rings is 1. The number of carbonyl (C=O) groups excluding carboxylic acids is 1. The predicted octanol–water partition coefficient (Wildman–Crippen LogP) is 2.80. The van der Waals surface area contributed by atoms with Gasteiger partial charge in [0.25, 0.3) is 5.56 Å². The van der Waals surface area contributed by atoms with E-state index in [-0.39, 0.29) is 27.6 Å². The lowest BCUT2D eigenvalue weighted by atomic mass is 10.2. The molecule has 0 saturated carbocycles. The van der Waals surface area contributed by atoms with E-state index in [1.165, 1.54) is 0 Å². The number of aromatic nitrogens is 2. The summed E-state index contributed by atoms with van der Waals surface area (Å²) in [6, 6.07) is 8.32. The van der Waals surface area contributed by atoms with E-state index in [0.717, 1.165) is 22.1 Å². The van der Waals surface area contributed by atoms with Gasteiger partial charge in [-0.25, -0.2) is 19.1 Å². The van der Waals surface area contributed by atoms with E-state index in [4.69, 9.17) is 9.47 Å². The van der Waals surface area contributed by atoms with Crippen molar-refractivity contribution in [3.63, 3.8) is 0 Å². The number of aliphatic imine (C=N–C) groups is 1. The molecule has 0 fully saturated rings. The largest absolute Gasteiger partial charge is 0.494 e. The van der Waals surface area contributed by atoms with Crippen LogP contribution in [0.1, 0.15) is 40.2 Å². The van der Waals surface area contributed by atoms with Gasteiger partial charge in [0.15, 0.2) is 0 Å². The Morgan fingerprint density at radius 3 is 2.58 bits per heavy atom. The van der Waals surface area contributed by atoms with Gasteiger partial charge in [-0.15, -0.1) is 11.3 Å². The standard InChI is InChI=1S/C22H20N4O6S/c1-4-31-14-8-6-13(7-9-14)26-20(28)16(18(27)25-22(26)30)11-24-19-15(10-23)12(3)17(33-19)21(29)32-5-2/h6-9,11,28H,4-5H2,1-3H3,(H,25,27,30). The molecule has 0 saturated heterocycles. The molecule has 2 heterocycles. The van der Waals surface area contributed by atoms with Gasteiger partial charge in [-0.2, -0.15) is 5.26 Å². The summed E-state index contributed by atoms with van der Waals surface area (Å²) in [6.07, 6.45) is 1.04. The maximum Gasteiger partial charge on any atom is 0.348 e. The first-order valence-electron chi connectivity index (χ1n) is 9.88. The number of ether oxygens (including phenoxy) is 2. The van der Waals surface area contributed by atoms with Gasteiger partial charge in [-0.05, 0) is 50.6 Å². The number of H-pyrrole nitrogens is 1. The van der Waals surface area contributed by atoms with Gasteiger partial charge in [-0.3, -0.25) is 9.78 Å². The second-order valence-corrected chi connectivity index (χ2v) is 7.58. The number of rotatable bonds is 7. The summed E-state index contributed by atoms with van der Waals surface area (Å²) in [4.78, 5) is 43.3. The van der Waals surface area contributed by atoms with Gasteiger partial charge >= 0.3 is 11.7 Å². The Hall–Kier alpha value is -4.17. The van der Waals surface area contributed by atoms with Crippen molar-refractivity contribution < 1.29 is 19.4 Å². The molecule has 0 bridgehead atoms. The highest BCUT2D eigenvalue weighted by molar-refractivity contribution is 7.18. The second kappa shape index (κ2) is 9.97. The topological polar surface area (TPSA) is 147 Å². The first-order chi connectivity index (χ1) is 15.8. The van der Waals surface area contributed by atoms with Crippen molar-refractivity contribution in [2.75, 3.05) is 13.2 Å². The van der Waals surface area contributed by atoms with Crippen molar-refractivity contribution >= 4 is 28.5 Å². The van der Waals surface area contributed by atoms with E-state index in [2.05, 4.69) is 9.98 Å². The molecule has 3 aromatic rings. The van der Waals surface area contributed by atoms with Gasteiger partial charge in [0.2, 0.25) is 5.88 Å². The average Bonchev–Trinajstić information content (AvgIpc) is 3.10. The molecule has 0 aliphatic heterocycles. The zero-order valence-corrected chi connectivity index (χ0v) is 18.9. The van der Waals surface area contributed by atoms with E-state index in [1.54, 1.807) is 38.1 Å². The fourth-order valence-electron chi connectivity index (χ4n) is 2.99. The molecule has 11 heteroatoms. The van der Waals surface area contributed by atoms with Gasteiger partial charge in [0.05, 0.1) is 24.5 Å². The molecule has 2 aromatic heterocycles. The lowest BCUT2D eigenvalue weighted by Gasteiger charge is -2.10. The highest BCUT2D eigenvalue weighted by Gasteiger charge is 2.21. The number of nitrogens with one attached hydrogen (secondary N) is 1. The minimum absolute atomic E-state index is 0.148. The van der Waals surface area contributed by atoms with Gasteiger partial charge in [0.1, 0.15) is 27.3 Å². The van der Waals surface area contributed by atoms with Crippen molar-refractivity contribution in [1.82, 2.24) is 9.55 Å². The van der Waals surface area contributed by atoms with Crippen LogP contribution in [0.15, 0.2) is 38.8 Å². The fraction of sp³-hybridized carbons (Fsp3) is 0.227. The number of aromatic hydroxyl groups is 1. The van der Waals surface area contributed by atoms with Crippen molar-refractivity contribution in [3.8, 4) is 23.4 Å². The molecule has 2 N–H and O–H groups in total. The molecule has 0 amide bonds. The van der Waals surface area contributed by atoms with Crippen LogP contribution < -0.4 is 16.0 Å². The number of hydrogen-bond donors (Lipinski definition) is 2. The zero-order valence-electron chi connectivity index (χ0n) is 18.0. The van der Waals surface area contributed by atoms with Gasteiger partial charge in [0, 0.05) is 6.21 Å². The van der Waals surface area contributed by atoms with Crippen molar-refractivity contribution in [3.05, 3.63) is 66.7 Å². The minimum Gasteiger partial charge on any atom is -0.494 e. The molecule has 0 radical (unpaired) electrons. The Morgan fingerprint density at radius 2 is 1.97 bits per heavy atom. The van der Waals surface area contributed by atoms with Gasteiger partial charge in [-0.1, -0.05) is 0 Å². The van der Waals surface area contributed by atoms with E-state index < -0.39 is 23.1 Å². The van der Waals surface area contributed by atoms with Crippen molar-refractivity contribution in [2.45, 2.75) is 20.8 Å². The molecule has 0 aliphatic carbocycles. The summed E-state index contributed by atoms with van der Waals surface area (Å²) in [5.74, 6) is -0.633. The van der Waals surface area contributed by atoms with Crippen LogP contribution >= 0.6 is 11.3 Å². The number of thiophene rings is 1. The molecule has 33 heavy (non-hydrogen) atoms. The van der Waals surface area contributed by atoms with Crippen LogP contribution in [0.5, 0.6) is 11.6 Å². The summed E-state index contributed by atoms with van der Waals surface area (Å²) < 4.78 is 11.3. The Bertz CT molecular complexity index is 1380. The molecular weight excluding hydrogens is 448 g/mol. The highest BCUT2D eigenvalue weighted by Crippen LogP contribution is 2.35. The Kier molecular flexibility index (Phi) is 7.10. The number of nitriles is 1. The second-order valence-electron chi connectivity index (χ2n) is 6.59. The third-order valence-corrected chi connectivity index (χ3v) is 5.72. The fourth-order valence-corrected chi connectivity index (χ4v) is 3.98. The monoisotopic (exact) mass is 468 g/mol.